The van der Waals surface area contributed by atoms with E-state index in [4.69, 9.17) is 4.74 Å². The lowest BCUT2D eigenvalue weighted by Gasteiger charge is -2.23. The summed E-state index contributed by atoms with van der Waals surface area (Å²) in [5, 5.41) is 8.04. The second kappa shape index (κ2) is 6.42. The summed E-state index contributed by atoms with van der Waals surface area (Å²) in [6, 6.07) is 0.433. The molecule has 1 N–H and O–H groups in total. The monoisotopic (exact) mass is 265 g/mol. The minimum atomic E-state index is 0.319. The summed E-state index contributed by atoms with van der Waals surface area (Å²) in [5.74, 6) is 1.30. The molecule has 2 rings (SSSR count). The minimum absolute atomic E-state index is 0.319. The maximum Gasteiger partial charge on any atom is 0.236 e. The van der Waals surface area contributed by atoms with Crippen LogP contribution in [0.1, 0.15) is 64.5 Å². The van der Waals surface area contributed by atoms with Crippen LogP contribution in [-0.4, -0.2) is 29.0 Å². The van der Waals surface area contributed by atoms with Gasteiger partial charge >= 0.3 is 0 Å². The standard InChI is InChI=1S/C15H27N3O/c1-5-12(4)18-10-14(11(2)3)15(17-18)19-13-6-8-16-9-7-13/h10-13,16H,5-9H2,1-4H3. The van der Waals surface area contributed by atoms with Crippen LogP contribution in [0.2, 0.25) is 0 Å². The Labute approximate surface area is 116 Å². The number of aromatic nitrogens is 2. The van der Waals surface area contributed by atoms with E-state index in [9.17, 15) is 0 Å². The van der Waals surface area contributed by atoms with Crippen molar-refractivity contribution in [3.05, 3.63) is 11.8 Å². The van der Waals surface area contributed by atoms with Crippen LogP contribution in [0.4, 0.5) is 0 Å². The summed E-state index contributed by atoms with van der Waals surface area (Å²) in [5.41, 5.74) is 1.24. The largest absolute Gasteiger partial charge is 0.473 e. The van der Waals surface area contributed by atoms with Gasteiger partial charge in [0.05, 0.1) is 0 Å². The van der Waals surface area contributed by atoms with Gasteiger partial charge in [0.2, 0.25) is 5.88 Å². The van der Waals surface area contributed by atoms with Crippen LogP contribution in [0.25, 0.3) is 0 Å². The zero-order valence-electron chi connectivity index (χ0n) is 12.6. The van der Waals surface area contributed by atoms with Gasteiger partial charge in [0, 0.05) is 17.8 Å². The van der Waals surface area contributed by atoms with E-state index < -0.39 is 0 Å². The molecule has 2 heterocycles. The van der Waals surface area contributed by atoms with E-state index in [-0.39, 0.29) is 0 Å². The summed E-state index contributed by atoms with van der Waals surface area (Å²) in [7, 11) is 0. The number of hydrogen-bond acceptors (Lipinski definition) is 3. The lowest BCUT2D eigenvalue weighted by atomic mass is 10.1. The van der Waals surface area contributed by atoms with Crippen LogP contribution in [0, 0.1) is 0 Å². The van der Waals surface area contributed by atoms with Gasteiger partial charge in [-0.15, -0.1) is 5.10 Å². The Kier molecular flexibility index (Phi) is 4.86. The van der Waals surface area contributed by atoms with E-state index in [1.807, 2.05) is 0 Å². The summed E-state index contributed by atoms with van der Waals surface area (Å²) < 4.78 is 8.21. The Hall–Kier alpha value is -1.03. The molecule has 19 heavy (non-hydrogen) atoms. The molecule has 1 aromatic rings. The van der Waals surface area contributed by atoms with E-state index in [0.717, 1.165) is 38.2 Å². The molecule has 4 heteroatoms. The third kappa shape index (κ3) is 3.50. The Morgan fingerprint density at radius 3 is 2.63 bits per heavy atom. The molecule has 1 aliphatic rings. The van der Waals surface area contributed by atoms with Crippen LogP contribution in [-0.2, 0) is 0 Å². The zero-order chi connectivity index (χ0) is 13.8. The highest BCUT2D eigenvalue weighted by molar-refractivity contribution is 5.27. The fourth-order valence-electron chi connectivity index (χ4n) is 2.36. The van der Waals surface area contributed by atoms with Gasteiger partial charge in [-0.25, -0.2) is 0 Å². The van der Waals surface area contributed by atoms with Crippen LogP contribution in [0.3, 0.4) is 0 Å². The van der Waals surface area contributed by atoms with Crippen LogP contribution in [0.15, 0.2) is 6.20 Å². The highest BCUT2D eigenvalue weighted by Gasteiger charge is 2.21. The first-order chi connectivity index (χ1) is 9.11. The predicted octanol–water partition coefficient (Wildman–Crippen LogP) is 3.11. The van der Waals surface area contributed by atoms with Gasteiger partial charge in [0.15, 0.2) is 0 Å². The van der Waals surface area contributed by atoms with Crippen molar-refractivity contribution in [2.45, 2.75) is 65.0 Å². The molecule has 0 spiro atoms. The minimum Gasteiger partial charge on any atom is -0.473 e. The van der Waals surface area contributed by atoms with Gasteiger partial charge in [0.25, 0.3) is 0 Å². The molecule has 1 unspecified atom stereocenters. The van der Waals surface area contributed by atoms with Gasteiger partial charge in [0.1, 0.15) is 6.10 Å². The van der Waals surface area contributed by atoms with E-state index in [1.54, 1.807) is 0 Å². The van der Waals surface area contributed by atoms with E-state index in [2.05, 4.69) is 49.0 Å². The lowest BCUT2D eigenvalue weighted by Crippen LogP contribution is -2.34. The number of nitrogens with zero attached hydrogens (tertiary/aromatic N) is 2. The van der Waals surface area contributed by atoms with Crippen LogP contribution in [0.5, 0.6) is 5.88 Å². The van der Waals surface area contributed by atoms with Crippen molar-refractivity contribution in [3.8, 4) is 5.88 Å². The Balaban J connectivity index is 2.14. The van der Waals surface area contributed by atoms with Crippen molar-refractivity contribution >= 4 is 0 Å². The van der Waals surface area contributed by atoms with Gasteiger partial charge in [-0.1, -0.05) is 20.8 Å². The van der Waals surface area contributed by atoms with Crippen molar-refractivity contribution in [1.82, 2.24) is 15.1 Å². The number of nitrogens with one attached hydrogen (secondary N) is 1. The molecule has 4 nitrogen and oxygen atoms in total. The number of hydrogen-bond donors (Lipinski definition) is 1. The molecule has 1 saturated heterocycles. The molecule has 1 aliphatic heterocycles. The highest BCUT2D eigenvalue weighted by atomic mass is 16.5. The molecule has 0 aliphatic carbocycles. The molecule has 1 fully saturated rings. The molecular weight excluding hydrogens is 238 g/mol. The summed E-state index contributed by atoms with van der Waals surface area (Å²) >= 11 is 0. The molecule has 0 bridgehead atoms. The number of ether oxygens (including phenoxy) is 1. The van der Waals surface area contributed by atoms with Crippen molar-refractivity contribution in [3.63, 3.8) is 0 Å². The first-order valence-corrected chi connectivity index (χ1v) is 7.58. The Bertz CT molecular complexity index is 394. The maximum absolute atomic E-state index is 6.15. The zero-order valence-corrected chi connectivity index (χ0v) is 12.6. The summed E-state index contributed by atoms with van der Waals surface area (Å²) in [6.07, 6.45) is 5.72. The Morgan fingerprint density at radius 1 is 1.37 bits per heavy atom. The molecular formula is C15H27N3O. The fraction of sp³-hybridized carbons (Fsp3) is 0.800. The van der Waals surface area contributed by atoms with Gasteiger partial charge < -0.3 is 10.1 Å². The van der Waals surface area contributed by atoms with E-state index in [1.165, 1.54) is 5.56 Å². The number of rotatable bonds is 5. The average molecular weight is 265 g/mol. The lowest BCUT2D eigenvalue weighted by molar-refractivity contribution is 0.152. The van der Waals surface area contributed by atoms with Crippen molar-refractivity contribution in [2.75, 3.05) is 13.1 Å². The predicted molar refractivity (Wildman–Crippen MR) is 77.8 cm³/mol. The summed E-state index contributed by atoms with van der Waals surface area (Å²) in [4.78, 5) is 0. The van der Waals surface area contributed by atoms with Gasteiger partial charge in [-0.05, 0) is 45.2 Å². The quantitative estimate of drug-likeness (QED) is 0.889. The van der Waals surface area contributed by atoms with Gasteiger partial charge in [-0.2, -0.15) is 0 Å². The second-order valence-corrected chi connectivity index (χ2v) is 5.85. The molecule has 1 atom stereocenters. The molecule has 108 valence electrons. The fourth-order valence-corrected chi connectivity index (χ4v) is 2.36. The van der Waals surface area contributed by atoms with Crippen molar-refractivity contribution in [1.29, 1.82) is 0 Å². The third-order valence-electron chi connectivity index (χ3n) is 3.95. The maximum atomic E-state index is 6.15. The first-order valence-electron chi connectivity index (χ1n) is 7.58. The second-order valence-electron chi connectivity index (χ2n) is 5.85. The normalized spacial score (nSPS) is 18.8. The summed E-state index contributed by atoms with van der Waals surface area (Å²) in [6.45, 7) is 10.9. The SMILES string of the molecule is CCC(C)n1cc(C(C)C)c(OC2CCNCC2)n1. The van der Waals surface area contributed by atoms with Crippen LogP contribution >= 0.6 is 0 Å². The molecule has 0 amide bonds. The molecule has 0 saturated carbocycles. The first kappa shape index (κ1) is 14.4. The molecule has 0 aromatic carbocycles. The molecule has 0 radical (unpaired) electrons. The smallest absolute Gasteiger partial charge is 0.236 e. The van der Waals surface area contributed by atoms with Crippen LogP contribution < -0.4 is 10.1 Å². The number of piperidine rings is 1. The molecule has 1 aromatic heterocycles. The third-order valence-corrected chi connectivity index (χ3v) is 3.95. The van der Waals surface area contributed by atoms with E-state index >= 15 is 0 Å². The van der Waals surface area contributed by atoms with Crippen molar-refractivity contribution in [2.24, 2.45) is 0 Å². The van der Waals surface area contributed by atoms with E-state index in [0.29, 0.717) is 18.1 Å². The van der Waals surface area contributed by atoms with Gasteiger partial charge in [-0.3, -0.25) is 4.68 Å². The topological polar surface area (TPSA) is 39.1 Å². The highest BCUT2D eigenvalue weighted by Crippen LogP contribution is 2.28. The average Bonchev–Trinajstić information content (AvgIpc) is 2.83. The Morgan fingerprint density at radius 2 is 2.05 bits per heavy atom. The van der Waals surface area contributed by atoms with Crippen molar-refractivity contribution < 1.29 is 4.74 Å².